The van der Waals surface area contributed by atoms with Crippen LogP contribution < -0.4 is 21.3 Å². The van der Waals surface area contributed by atoms with E-state index in [-0.39, 0.29) is 53.9 Å². The van der Waals surface area contributed by atoms with E-state index in [0.717, 1.165) is 73.7 Å². The number of hydrogen-bond acceptors (Lipinski definition) is 23. The highest BCUT2D eigenvalue weighted by atomic mass is 16.6. The van der Waals surface area contributed by atoms with Gasteiger partial charge in [0, 0.05) is 43.9 Å². The lowest BCUT2D eigenvalue weighted by atomic mass is 9.48. The number of rotatable bonds is 23. The predicted molar refractivity (Wildman–Crippen MR) is 425 cm³/mol. The first-order valence-corrected chi connectivity index (χ1v) is 39.3. The monoisotopic (exact) mass is 1620 g/mol. The Labute approximate surface area is 684 Å². The molecule has 0 radical (unpaired) electrons. The number of carbonyl (C=O) groups excluding carboxylic acids is 11. The number of benzene rings is 8. The molecule has 27 heteroatoms. The Hall–Kier alpha value is -13.0. The van der Waals surface area contributed by atoms with Gasteiger partial charge in [-0.25, -0.2) is 28.8 Å². The van der Waals surface area contributed by atoms with E-state index in [9.17, 15) is 38.7 Å². The summed E-state index contributed by atoms with van der Waals surface area (Å²) in [5, 5.41) is 24.3. The van der Waals surface area contributed by atoms with Crippen molar-refractivity contribution in [2.24, 2.45) is 11.3 Å². The second-order valence-corrected chi connectivity index (χ2v) is 31.8. The fourth-order valence-electron chi connectivity index (χ4n) is 18.1. The fraction of sp³-hybridized carbons (Fsp3) is 0.337. The van der Waals surface area contributed by atoms with Crippen molar-refractivity contribution in [3.8, 4) is 33.4 Å². The average Bonchev–Trinajstić information content (AvgIpc) is 1.33. The Kier molecular flexibility index (Phi) is 22.9. The number of ether oxygens (including phenoxy) is 11. The number of hydrogen-bond donors (Lipinski definition) is 5. The highest BCUT2D eigenvalue weighted by Gasteiger charge is 2.77. The van der Waals surface area contributed by atoms with Crippen molar-refractivity contribution in [3.05, 3.63) is 262 Å². The van der Waals surface area contributed by atoms with E-state index in [2.05, 4.69) is 21.3 Å². The quantitative estimate of drug-likeness (QED) is 0.0226. The molecule has 15 rings (SSSR count). The van der Waals surface area contributed by atoms with Crippen LogP contribution >= 0.6 is 0 Å². The summed E-state index contributed by atoms with van der Waals surface area (Å²) < 4.78 is 67.5. The smallest absolute Gasteiger partial charge is 0.408 e. The van der Waals surface area contributed by atoms with Crippen molar-refractivity contribution in [2.45, 2.75) is 138 Å². The van der Waals surface area contributed by atoms with Crippen molar-refractivity contribution >= 4 is 66.0 Å². The van der Waals surface area contributed by atoms with Gasteiger partial charge in [-0.3, -0.25) is 24.0 Å². The topological polar surface area (TPSA) is 358 Å². The maximum absolute atomic E-state index is 17.1. The minimum Gasteiger partial charge on any atom is -0.460 e. The van der Waals surface area contributed by atoms with Crippen LogP contribution in [0.5, 0.6) is 0 Å². The van der Waals surface area contributed by atoms with Crippen LogP contribution in [0, 0.1) is 11.3 Å². The van der Waals surface area contributed by atoms with Crippen LogP contribution in [0.3, 0.4) is 0 Å². The highest BCUT2D eigenvalue weighted by Crippen LogP contribution is 2.62. The molecule has 7 aliphatic rings. The Morgan fingerprint density at radius 3 is 1.38 bits per heavy atom. The number of alkyl carbamates (subject to hydrolysis) is 4. The molecule has 2 saturated carbocycles. The molecule has 27 nitrogen and oxygen atoms in total. The second kappa shape index (κ2) is 33.5. The normalized spacial score (nSPS) is 22.7. The number of ketones is 1. The van der Waals surface area contributed by atoms with Gasteiger partial charge in [0.15, 0.2) is 17.5 Å². The zero-order valence-corrected chi connectivity index (χ0v) is 66.0. The van der Waals surface area contributed by atoms with Crippen LogP contribution in [-0.2, 0) is 80.9 Å². The van der Waals surface area contributed by atoms with E-state index < -0.39 is 188 Å². The molecule has 11 atom stereocenters. The third-order valence-electron chi connectivity index (χ3n) is 23.4. The molecule has 8 aromatic carbocycles. The molecule has 0 aromatic heterocycles. The molecule has 4 unspecified atom stereocenters. The molecule has 119 heavy (non-hydrogen) atoms. The second-order valence-electron chi connectivity index (χ2n) is 31.8. The first-order valence-electron chi connectivity index (χ1n) is 39.3. The molecule has 8 aromatic rings. The van der Waals surface area contributed by atoms with Gasteiger partial charge < -0.3 is 78.5 Å². The number of fused-ring (bicyclic) bond motifs is 14. The number of amides is 4. The third kappa shape index (κ3) is 16.3. The summed E-state index contributed by atoms with van der Waals surface area (Å²) in [6, 6.07) is 59.5. The third-order valence-corrected chi connectivity index (χ3v) is 23.4. The van der Waals surface area contributed by atoms with E-state index in [0.29, 0.717) is 0 Å². The Bertz CT molecular complexity index is 5220. The van der Waals surface area contributed by atoms with E-state index in [1.165, 1.54) is 50.2 Å². The number of aliphatic hydroxyl groups is 1. The van der Waals surface area contributed by atoms with Gasteiger partial charge in [-0.2, -0.15) is 0 Å². The van der Waals surface area contributed by atoms with E-state index >= 15 is 19.2 Å². The van der Waals surface area contributed by atoms with Gasteiger partial charge in [0.25, 0.3) is 0 Å². The van der Waals surface area contributed by atoms with Crippen LogP contribution in [0.15, 0.2) is 217 Å². The Balaban J connectivity index is 0.773. The minimum atomic E-state index is -2.71. The summed E-state index contributed by atoms with van der Waals surface area (Å²) in [6.45, 7) is 4.74. The van der Waals surface area contributed by atoms with E-state index in [4.69, 9.17) is 52.1 Å². The summed E-state index contributed by atoms with van der Waals surface area (Å²) in [6.07, 6.45) is -17.9. The molecule has 0 spiro atoms. The van der Waals surface area contributed by atoms with Crippen LogP contribution in [-0.4, -0.2) is 171 Å². The standard InChI is InChI=1S/C92H88N4O23/c1-51-67-42-91(108,43-71(51)113-84(103)79(77(53-25-9-7-10-26-53)96-88(107)119-89(3,4)5)116-76(100)46-95-87(106)111-49-70-65-39-23-17-33-59(65)60-34-18-24-40-66(60)70)82(117-83(102)54-27-11-8-12-28-54)80-90(6,81(101)78(67)115-75(99)45-94-86(105)110-48-69-63-37-21-15-31-57(63)58-32-16-22-38-64(58)69)72(41-73-92(80,50-112-73)118-52(2)97)114-74(98)44-93-85(104)109-47-68-61-35-19-13-29-55(61)56-30-14-20-36-62(56)68/h7-40,68-73,77-80,82,108H,41-50H2,1-6H3,(H,93,104)(H,94,105)(H,95,106)(H,96,107)/t71-,72-,73?,77-,78+,79+,80?,82?,90?,91+,92-/m0/s1. The van der Waals surface area contributed by atoms with Crippen LogP contribution in [0.25, 0.3) is 33.4 Å². The molecule has 6 aliphatic carbocycles. The molecule has 5 N–H and O–H groups in total. The highest BCUT2D eigenvalue weighted by molar-refractivity contribution is 5.97. The Morgan fingerprint density at radius 2 is 0.950 bits per heavy atom. The van der Waals surface area contributed by atoms with E-state index in [1.807, 2.05) is 146 Å². The summed E-state index contributed by atoms with van der Waals surface area (Å²) in [5.41, 5.74) is 2.45. The lowest BCUT2D eigenvalue weighted by Gasteiger charge is -2.65. The largest absolute Gasteiger partial charge is 0.460 e. The molecule has 3 fully saturated rings. The summed E-state index contributed by atoms with van der Waals surface area (Å²) in [4.78, 5) is 162. The molecule has 1 aliphatic heterocycles. The lowest BCUT2D eigenvalue weighted by Crippen LogP contribution is -2.80. The summed E-state index contributed by atoms with van der Waals surface area (Å²) in [5.74, 6) is -11.4. The minimum absolute atomic E-state index is 0.0871. The summed E-state index contributed by atoms with van der Waals surface area (Å²) >= 11 is 0. The fourth-order valence-corrected chi connectivity index (χ4v) is 18.1. The summed E-state index contributed by atoms with van der Waals surface area (Å²) in [7, 11) is 0. The van der Waals surface area contributed by atoms with Gasteiger partial charge in [0.2, 0.25) is 6.10 Å². The number of nitrogens with one attached hydrogen (secondary N) is 4. The van der Waals surface area contributed by atoms with Gasteiger partial charge >= 0.3 is 60.2 Å². The maximum atomic E-state index is 17.1. The number of carbonyl (C=O) groups is 11. The SMILES string of the molecule is CC(=O)O[C@@]12COC1C[C@H](OC(=O)CNC(=O)OCC1c3ccccc3-c3ccccc31)C1(C)C(=O)[C@H](OC(=O)CNC(=O)OCC3c4ccccc4-c4ccccc43)C3=C(C)[C@@H](OC(=O)[C@H](OC(=O)CNC(=O)OCC4c5ccccc5-c5ccccc54)[C@@H](NC(=O)OC(C)(C)C)c4ccccc4)C[C@](O)(C3)C(OC(=O)c3ccccc3)C12. The lowest BCUT2D eigenvalue weighted by molar-refractivity contribution is -0.341. The number of esters is 6. The average molecular weight is 1620 g/mol. The van der Waals surface area contributed by atoms with Gasteiger partial charge in [-0.15, -0.1) is 0 Å². The van der Waals surface area contributed by atoms with Crippen molar-refractivity contribution < 1.29 is 110 Å². The first kappa shape index (κ1) is 81.1. The van der Waals surface area contributed by atoms with Gasteiger partial charge in [0.05, 0.1) is 23.5 Å². The van der Waals surface area contributed by atoms with Gasteiger partial charge in [-0.05, 0) is 130 Å². The van der Waals surface area contributed by atoms with Crippen LogP contribution in [0.4, 0.5) is 19.2 Å². The molecule has 2 bridgehead atoms. The maximum Gasteiger partial charge on any atom is 0.408 e. The Morgan fingerprint density at radius 1 is 0.529 bits per heavy atom. The van der Waals surface area contributed by atoms with Crippen LogP contribution in [0.1, 0.15) is 134 Å². The van der Waals surface area contributed by atoms with Crippen molar-refractivity contribution in [2.75, 3.05) is 46.1 Å². The van der Waals surface area contributed by atoms with Crippen molar-refractivity contribution in [3.63, 3.8) is 0 Å². The molecule has 1 saturated heterocycles. The van der Waals surface area contributed by atoms with Crippen molar-refractivity contribution in [1.82, 2.24) is 21.3 Å². The van der Waals surface area contributed by atoms with E-state index in [1.54, 1.807) is 45.0 Å². The van der Waals surface area contributed by atoms with Crippen LogP contribution in [0.2, 0.25) is 0 Å². The molecule has 614 valence electrons. The van der Waals surface area contributed by atoms with Crippen molar-refractivity contribution in [1.29, 1.82) is 0 Å². The molecule has 1 heterocycles. The van der Waals surface area contributed by atoms with Gasteiger partial charge in [-0.1, -0.05) is 194 Å². The zero-order valence-electron chi connectivity index (χ0n) is 66.0. The number of Topliss-reactive ketones (excluding diaryl/α,β-unsaturated/α-hetero) is 1. The molecular weight excluding hydrogens is 1530 g/mol. The van der Waals surface area contributed by atoms with Gasteiger partial charge in [0.1, 0.15) is 81.1 Å². The first-order chi connectivity index (χ1) is 57.2. The zero-order chi connectivity index (χ0) is 83.7. The molecular formula is C92H88N4O23. The molecule has 4 amide bonds. The predicted octanol–water partition coefficient (Wildman–Crippen LogP) is 11.9.